The number of carbonyl (C=O) groups excluding carboxylic acids is 1. The predicted molar refractivity (Wildman–Crippen MR) is 75.1 cm³/mol. The van der Waals surface area contributed by atoms with Crippen LogP contribution in [0.3, 0.4) is 0 Å². The Hall–Kier alpha value is -1.00. The highest BCUT2D eigenvalue weighted by molar-refractivity contribution is 7.99. The number of amides is 1. The van der Waals surface area contributed by atoms with Crippen molar-refractivity contribution in [1.29, 1.82) is 0 Å². The zero-order valence-electron chi connectivity index (χ0n) is 10.6. The molecule has 2 rings (SSSR count). The quantitative estimate of drug-likeness (QED) is 0.849. The van der Waals surface area contributed by atoms with Crippen molar-refractivity contribution < 1.29 is 9.53 Å². The third kappa shape index (κ3) is 4.35. The number of anilines is 1. The van der Waals surface area contributed by atoms with E-state index in [1.54, 1.807) is 0 Å². The minimum Gasteiger partial charge on any atom is -0.377 e. The molecule has 0 saturated carbocycles. The number of benzene rings is 1. The molecule has 1 N–H and O–H groups in total. The summed E-state index contributed by atoms with van der Waals surface area (Å²) in [5, 5.41) is 2.76. The fraction of sp³-hybridized carbons (Fsp3) is 0.500. The minimum absolute atomic E-state index is 0.0361. The van der Waals surface area contributed by atoms with Gasteiger partial charge in [-0.25, -0.2) is 0 Å². The summed E-state index contributed by atoms with van der Waals surface area (Å²) in [6, 6.07) is 7.95. The second kappa shape index (κ2) is 6.81. The van der Waals surface area contributed by atoms with Crippen LogP contribution in [0, 0.1) is 0 Å². The lowest BCUT2D eigenvalue weighted by Crippen LogP contribution is -2.21. The molecule has 3 nitrogen and oxygen atoms in total. The molecule has 18 heavy (non-hydrogen) atoms. The first-order valence-corrected chi connectivity index (χ1v) is 7.34. The summed E-state index contributed by atoms with van der Waals surface area (Å²) in [5.74, 6) is 0.977. The highest BCUT2D eigenvalue weighted by Crippen LogP contribution is 2.24. The van der Waals surface area contributed by atoms with Crippen LogP contribution in [-0.2, 0) is 9.53 Å². The molecule has 1 amide bonds. The summed E-state index contributed by atoms with van der Waals surface area (Å²) in [6.07, 6.45) is 4.06. The SMILES string of the molecule is CC(=O)Nc1ccc(SC[C@@H]2CCCCO2)cc1. The van der Waals surface area contributed by atoms with E-state index in [1.807, 2.05) is 36.0 Å². The van der Waals surface area contributed by atoms with E-state index in [0.717, 1.165) is 18.0 Å². The number of hydrogen-bond donors (Lipinski definition) is 1. The lowest BCUT2D eigenvalue weighted by molar-refractivity contribution is -0.114. The Labute approximate surface area is 112 Å². The van der Waals surface area contributed by atoms with Crippen LogP contribution in [0.1, 0.15) is 26.2 Å². The van der Waals surface area contributed by atoms with Gasteiger partial charge in [-0.15, -0.1) is 11.8 Å². The first-order chi connectivity index (χ1) is 8.74. The standard InChI is InChI=1S/C14H19NO2S/c1-11(16)15-12-5-7-14(8-6-12)18-10-13-4-2-3-9-17-13/h5-8,13H,2-4,9-10H2,1H3,(H,15,16)/t13-/m0/s1. The Morgan fingerprint density at radius 2 is 2.17 bits per heavy atom. The molecule has 0 radical (unpaired) electrons. The molecule has 0 bridgehead atoms. The van der Waals surface area contributed by atoms with Gasteiger partial charge in [-0.05, 0) is 43.5 Å². The van der Waals surface area contributed by atoms with E-state index < -0.39 is 0 Å². The zero-order valence-corrected chi connectivity index (χ0v) is 11.5. The molecule has 1 saturated heterocycles. The molecule has 1 aliphatic heterocycles. The summed E-state index contributed by atoms with van der Waals surface area (Å²) in [4.78, 5) is 12.1. The third-order valence-electron chi connectivity index (χ3n) is 2.88. The van der Waals surface area contributed by atoms with Gasteiger partial charge in [0, 0.05) is 29.9 Å². The van der Waals surface area contributed by atoms with Gasteiger partial charge < -0.3 is 10.1 Å². The molecule has 1 heterocycles. The third-order valence-corrected chi connectivity index (χ3v) is 4.03. The summed E-state index contributed by atoms with van der Waals surface area (Å²) >= 11 is 1.82. The van der Waals surface area contributed by atoms with Gasteiger partial charge in [0.25, 0.3) is 0 Å². The van der Waals surface area contributed by atoms with E-state index in [4.69, 9.17) is 4.74 Å². The van der Waals surface area contributed by atoms with E-state index in [0.29, 0.717) is 6.10 Å². The fourth-order valence-corrected chi connectivity index (χ4v) is 2.94. The second-order valence-electron chi connectivity index (χ2n) is 4.51. The molecule has 1 fully saturated rings. The summed E-state index contributed by atoms with van der Waals surface area (Å²) in [6.45, 7) is 2.43. The van der Waals surface area contributed by atoms with Crippen molar-refractivity contribution in [2.24, 2.45) is 0 Å². The second-order valence-corrected chi connectivity index (χ2v) is 5.60. The van der Waals surface area contributed by atoms with Gasteiger partial charge in [0.15, 0.2) is 0 Å². The molecule has 1 aromatic rings. The van der Waals surface area contributed by atoms with Gasteiger partial charge in [-0.2, -0.15) is 0 Å². The number of carbonyl (C=O) groups is 1. The van der Waals surface area contributed by atoms with Crippen LogP contribution in [0.4, 0.5) is 5.69 Å². The number of thioether (sulfide) groups is 1. The molecule has 1 aliphatic rings. The van der Waals surface area contributed by atoms with Crippen LogP contribution in [0.2, 0.25) is 0 Å². The van der Waals surface area contributed by atoms with Gasteiger partial charge >= 0.3 is 0 Å². The lowest BCUT2D eigenvalue weighted by atomic mass is 10.1. The maximum atomic E-state index is 10.9. The summed E-state index contributed by atoms with van der Waals surface area (Å²) < 4.78 is 5.70. The van der Waals surface area contributed by atoms with Crippen LogP contribution >= 0.6 is 11.8 Å². The lowest BCUT2D eigenvalue weighted by Gasteiger charge is -2.22. The molecule has 0 spiro atoms. The van der Waals surface area contributed by atoms with Gasteiger partial charge in [0.2, 0.25) is 5.91 Å². The van der Waals surface area contributed by atoms with E-state index >= 15 is 0 Å². The number of nitrogens with one attached hydrogen (secondary N) is 1. The highest BCUT2D eigenvalue weighted by Gasteiger charge is 2.13. The van der Waals surface area contributed by atoms with Gasteiger partial charge in [0.1, 0.15) is 0 Å². The average Bonchev–Trinajstić information content (AvgIpc) is 2.38. The van der Waals surface area contributed by atoms with Crippen molar-refractivity contribution in [3.05, 3.63) is 24.3 Å². The normalized spacial score (nSPS) is 19.5. The zero-order chi connectivity index (χ0) is 12.8. The van der Waals surface area contributed by atoms with E-state index in [1.165, 1.54) is 31.1 Å². The largest absolute Gasteiger partial charge is 0.377 e. The molecule has 1 atom stereocenters. The predicted octanol–water partition coefficient (Wildman–Crippen LogP) is 3.31. The molecule has 0 unspecified atom stereocenters. The maximum absolute atomic E-state index is 10.9. The maximum Gasteiger partial charge on any atom is 0.221 e. The number of ether oxygens (including phenoxy) is 1. The minimum atomic E-state index is -0.0361. The Balaban J connectivity index is 1.80. The van der Waals surface area contributed by atoms with Crippen molar-refractivity contribution >= 4 is 23.4 Å². The topological polar surface area (TPSA) is 38.3 Å². The van der Waals surface area contributed by atoms with Crippen LogP contribution in [0.15, 0.2) is 29.2 Å². The first kappa shape index (κ1) is 13.4. The van der Waals surface area contributed by atoms with Crippen LogP contribution < -0.4 is 5.32 Å². The molecular weight excluding hydrogens is 246 g/mol. The fourth-order valence-electron chi connectivity index (χ4n) is 1.97. The molecule has 98 valence electrons. The van der Waals surface area contributed by atoms with Crippen molar-refractivity contribution in [2.45, 2.75) is 37.2 Å². The smallest absolute Gasteiger partial charge is 0.221 e. The summed E-state index contributed by atoms with van der Waals surface area (Å²) in [7, 11) is 0. The van der Waals surface area contributed by atoms with Crippen molar-refractivity contribution in [3.8, 4) is 0 Å². The van der Waals surface area contributed by atoms with Crippen LogP contribution in [0.25, 0.3) is 0 Å². The van der Waals surface area contributed by atoms with Crippen LogP contribution in [-0.4, -0.2) is 24.4 Å². The van der Waals surface area contributed by atoms with Crippen molar-refractivity contribution in [1.82, 2.24) is 0 Å². The van der Waals surface area contributed by atoms with Crippen LogP contribution in [0.5, 0.6) is 0 Å². The Morgan fingerprint density at radius 1 is 1.39 bits per heavy atom. The van der Waals surface area contributed by atoms with E-state index in [-0.39, 0.29) is 5.91 Å². The van der Waals surface area contributed by atoms with E-state index in [9.17, 15) is 4.79 Å². The molecule has 0 aromatic heterocycles. The molecule has 1 aromatic carbocycles. The Kier molecular flexibility index (Phi) is 5.08. The first-order valence-electron chi connectivity index (χ1n) is 6.36. The number of rotatable bonds is 4. The summed E-state index contributed by atoms with van der Waals surface area (Å²) in [5.41, 5.74) is 0.848. The van der Waals surface area contributed by atoms with Crippen molar-refractivity contribution in [2.75, 3.05) is 17.7 Å². The van der Waals surface area contributed by atoms with Gasteiger partial charge in [0.05, 0.1) is 6.10 Å². The van der Waals surface area contributed by atoms with Crippen molar-refractivity contribution in [3.63, 3.8) is 0 Å². The molecule has 4 heteroatoms. The molecule has 0 aliphatic carbocycles. The van der Waals surface area contributed by atoms with E-state index in [2.05, 4.69) is 5.32 Å². The monoisotopic (exact) mass is 265 g/mol. The van der Waals surface area contributed by atoms with Gasteiger partial charge in [-0.1, -0.05) is 0 Å². The van der Waals surface area contributed by atoms with Gasteiger partial charge in [-0.3, -0.25) is 4.79 Å². The number of hydrogen-bond acceptors (Lipinski definition) is 3. The molecular formula is C14H19NO2S. The average molecular weight is 265 g/mol. The highest BCUT2D eigenvalue weighted by atomic mass is 32.2. The Bertz CT molecular complexity index is 385. The Morgan fingerprint density at radius 3 is 2.78 bits per heavy atom.